The highest BCUT2D eigenvalue weighted by Gasteiger charge is 2.08. The molecule has 0 saturated carbocycles. The number of aliphatic imine (C=N–C) groups is 1. The summed E-state index contributed by atoms with van der Waals surface area (Å²) < 4.78 is 4.94. The Labute approximate surface area is 115 Å². The highest BCUT2D eigenvalue weighted by atomic mass is 16.5. The Morgan fingerprint density at radius 3 is 2.65 bits per heavy atom. The zero-order valence-corrected chi connectivity index (χ0v) is 11.3. The summed E-state index contributed by atoms with van der Waals surface area (Å²) in [7, 11) is 1.45. The van der Waals surface area contributed by atoms with Gasteiger partial charge in [0.15, 0.2) is 0 Å². The Morgan fingerprint density at radius 2 is 1.95 bits per heavy atom. The van der Waals surface area contributed by atoms with Crippen LogP contribution in [0.4, 0.5) is 5.95 Å². The lowest BCUT2D eigenvalue weighted by molar-refractivity contribution is 0.377. The van der Waals surface area contributed by atoms with Crippen LogP contribution in [0.15, 0.2) is 23.2 Å². The van der Waals surface area contributed by atoms with E-state index in [4.69, 9.17) is 4.74 Å². The molecule has 0 unspecified atom stereocenters. The zero-order valence-electron chi connectivity index (χ0n) is 11.3. The van der Waals surface area contributed by atoms with Crippen molar-refractivity contribution in [2.45, 2.75) is 13.8 Å². The third-order valence-corrected chi connectivity index (χ3v) is 2.54. The predicted molar refractivity (Wildman–Crippen MR) is 72.8 cm³/mol. The number of ether oxygens (including phenoxy) is 1. The van der Waals surface area contributed by atoms with E-state index in [-0.39, 0.29) is 23.5 Å². The number of rotatable bonds is 3. The lowest BCUT2D eigenvalue weighted by Crippen LogP contribution is -2.00. The number of phenolic OH excluding ortho intramolecular Hbond substituents is 2. The number of hydrogen-bond donors (Lipinski definition) is 2. The molecule has 0 spiro atoms. The smallest absolute Gasteiger partial charge is 0.321 e. The predicted octanol–water partition coefficient (Wildman–Crippen LogP) is 1.74. The first-order chi connectivity index (χ1) is 9.49. The first-order valence-electron chi connectivity index (χ1n) is 5.84. The van der Waals surface area contributed by atoms with E-state index in [0.717, 1.165) is 0 Å². The van der Waals surface area contributed by atoms with Gasteiger partial charge in [-0.25, -0.2) is 4.99 Å². The molecule has 7 nitrogen and oxygen atoms in total. The Kier molecular flexibility index (Phi) is 3.79. The zero-order chi connectivity index (χ0) is 14.7. The van der Waals surface area contributed by atoms with Crippen molar-refractivity contribution < 1.29 is 14.9 Å². The topological polar surface area (TPSA) is 101 Å². The van der Waals surface area contributed by atoms with Crippen LogP contribution in [0.2, 0.25) is 0 Å². The van der Waals surface area contributed by atoms with E-state index in [0.29, 0.717) is 17.1 Å². The SMILES string of the molecule is COc1nc(C)nc(/N=C(\C)c2cc(O)ccc2O)n1. The van der Waals surface area contributed by atoms with Crippen molar-refractivity contribution in [1.29, 1.82) is 0 Å². The van der Waals surface area contributed by atoms with Crippen LogP contribution in [0.1, 0.15) is 18.3 Å². The van der Waals surface area contributed by atoms with E-state index in [9.17, 15) is 10.2 Å². The van der Waals surface area contributed by atoms with Crippen molar-refractivity contribution in [2.75, 3.05) is 7.11 Å². The molecule has 20 heavy (non-hydrogen) atoms. The van der Waals surface area contributed by atoms with Crippen LogP contribution in [0, 0.1) is 6.92 Å². The molecule has 104 valence electrons. The van der Waals surface area contributed by atoms with Crippen LogP contribution in [0.25, 0.3) is 0 Å². The minimum atomic E-state index is 0.0155. The Bertz CT molecular complexity index is 671. The van der Waals surface area contributed by atoms with Crippen molar-refractivity contribution >= 4 is 11.7 Å². The molecule has 0 aliphatic carbocycles. The summed E-state index contributed by atoms with van der Waals surface area (Å²) in [5.74, 6) is 0.705. The molecule has 2 rings (SSSR count). The Hall–Kier alpha value is -2.70. The second-order valence-electron chi connectivity index (χ2n) is 4.07. The number of benzene rings is 1. The molecule has 1 aromatic heterocycles. The molecule has 1 aromatic carbocycles. The number of aryl methyl sites for hydroxylation is 1. The Balaban J connectivity index is 2.44. The van der Waals surface area contributed by atoms with E-state index in [1.807, 2.05) is 0 Å². The second kappa shape index (κ2) is 5.52. The summed E-state index contributed by atoms with van der Waals surface area (Å²) in [5, 5.41) is 19.2. The summed E-state index contributed by atoms with van der Waals surface area (Å²) in [6.45, 7) is 3.38. The van der Waals surface area contributed by atoms with E-state index in [2.05, 4.69) is 19.9 Å². The quantitative estimate of drug-likeness (QED) is 0.653. The molecule has 2 aromatic rings. The fraction of sp³-hybridized carbons (Fsp3) is 0.231. The molecule has 0 saturated heterocycles. The summed E-state index contributed by atoms with van der Waals surface area (Å²) in [4.78, 5) is 16.2. The fourth-order valence-corrected chi connectivity index (χ4v) is 1.61. The van der Waals surface area contributed by atoms with E-state index in [1.165, 1.54) is 25.3 Å². The van der Waals surface area contributed by atoms with Gasteiger partial charge in [-0.05, 0) is 32.0 Å². The number of aromatic nitrogens is 3. The average molecular weight is 274 g/mol. The van der Waals surface area contributed by atoms with Crippen LogP contribution in [0.5, 0.6) is 17.5 Å². The molecule has 0 bridgehead atoms. The van der Waals surface area contributed by atoms with E-state index >= 15 is 0 Å². The molecular weight excluding hydrogens is 260 g/mol. The van der Waals surface area contributed by atoms with Gasteiger partial charge in [0.25, 0.3) is 5.95 Å². The third-order valence-electron chi connectivity index (χ3n) is 2.54. The number of phenols is 2. The Morgan fingerprint density at radius 1 is 1.20 bits per heavy atom. The van der Waals surface area contributed by atoms with Gasteiger partial charge in [-0.3, -0.25) is 0 Å². The maximum absolute atomic E-state index is 9.77. The van der Waals surface area contributed by atoms with Crippen molar-refractivity contribution in [3.63, 3.8) is 0 Å². The molecule has 0 fully saturated rings. The molecule has 0 radical (unpaired) electrons. The van der Waals surface area contributed by atoms with Gasteiger partial charge >= 0.3 is 6.01 Å². The van der Waals surface area contributed by atoms with Crippen LogP contribution in [-0.4, -0.2) is 38.0 Å². The largest absolute Gasteiger partial charge is 0.508 e. The standard InChI is InChI=1S/C13H14N4O3/c1-7(10-6-9(18)4-5-11(10)19)14-12-15-8(2)16-13(17-12)20-3/h4-6,18-19H,1-3H3/b14-7+. The molecule has 0 amide bonds. The second-order valence-corrected chi connectivity index (χ2v) is 4.07. The van der Waals surface area contributed by atoms with Gasteiger partial charge < -0.3 is 14.9 Å². The van der Waals surface area contributed by atoms with E-state index in [1.54, 1.807) is 13.8 Å². The number of methoxy groups -OCH3 is 1. The monoisotopic (exact) mass is 274 g/mol. The average Bonchev–Trinajstić information content (AvgIpc) is 2.40. The first kappa shape index (κ1) is 13.7. The maximum atomic E-state index is 9.77. The number of nitrogens with zero attached hydrogens (tertiary/aromatic N) is 4. The van der Waals surface area contributed by atoms with E-state index < -0.39 is 0 Å². The summed E-state index contributed by atoms with van der Waals surface area (Å²) >= 11 is 0. The van der Waals surface area contributed by atoms with Gasteiger partial charge in [-0.2, -0.15) is 15.0 Å². The minimum absolute atomic E-state index is 0.0155. The maximum Gasteiger partial charge on any atom is 0.321 e. The highest BCUT2D eigenvalue weighted by Crippen LogP contribution is 2.24. The molecule has 0 aliphatic rings. The van der Waals surface area contributed by atoms with Crippen molar-refractivity contribution in [2.24, 2.45) is 4.99 Å². The van der Waals surface area contributed by atoms with Crippen molar-refractivity contribution in [1.82, 2.24) is 15.0 Å². The summed E-state index contributed by atoms with van der Waals surface area (Å²) in [5.41, 5.74) is 0.869. The van der Waals surface area contributed by atoms with Gasteiger partial charge in [0, 0.05) is 5.56 Å². The van der Waals surface area contributed by atoms with Crippen molar-refractivity contribution in [3.8, 4) is 17.5 Å². The fourth-order valence-electron chi connectivity index (χ4n) is 1.61. The number of aromatic hydroxyl groups is 2. The lowest BCUT2D eigenvalue weighted by atomic mass is 10.1. The van der Waals surface area contributed by atoms with Crippen LogP contribution in [-0.2, 0) is 0 Å². The third kappa shape index (κ3) is 3.00. The molecule has 7 heteroatoms. The van der Waals surface area contributed by atoms with Gasteiger partial charge in [0.05, 0.1) is 12.8 Å². The lowest BCUT2D eigenvalue weighted by Gasteiger charge is -2.05. The first-order valence-corrected chi connectivity index (χ1v) is 5.84. The number of hydrogen-bond acceptors (Lipinski definition) is 7. The highest BCUT2D eigenvalue weighted by molar-refractivity contribution is 6.02. The van der Waals surface area contributed by atoms with Gasteiger partial charge in [-0.1, -0.05) is 0 Å². The van der Waals surface area contributed by atoms with Gasteiger partial charge in [0.1, 0.15) is 17.3 Å². The summed E-state index contributed by atoms with van der Waals surface area (Å²) in [6, 6.07) is 4.37. The minimum Gasteiger partial charge on any atom is -0.508 e. The molecular formula is C13H14N4O3. The van der Waals surface area contributed by atoms with Crippen LogP contribution >= 0.6 is 0 Å². The summed E-state index contributed by atoms with van der Waals surface area (Å²) in [6.07, 6.45) is 0. The van der Waals surface area contributed by atoms with Crippen molar-refractivity contribution in [3.05, 3.63) is 29.6 Å². The normalized spacial score (nSPS) is 11.4. The molecule has 1 heterocycles. The van der Waals surface area contributed by atoms with Crippen LogP contribution < -0.4 is 4.74 Å². The molecule has 2 N–H and O–H groups in total. The van der Waals surface area contributed by atoms with Gasteiger partial charge in [-0.15, -0.1) is 0 Å². The van der Waals surface area contributed by atoms with Gasteiger partial charge in [0.2, 0.25) is 0 Å². The molecule has 0 atom stereocenters. The van der Waals surface area contributed by atoms with Crippen LogP contribution in [0.3, 0.4) is 0 Å². The molecule has 0 aliphatic heterocycles.